The standard InChI is InChI=1S/C10H23OSi.Li/c1-7-8-11-12(5,6)9-10(2,3)4;/h1,7-9H2,2-6H3;/q-1;+1. The second-order valence-electron chi connectivity index (χ2n) is 5.20. The van der Waals surface area contributed by atoms with Crippen LogP contribution in [0.5, 0.6) is 0 Å². The summed E-state index contributed by atoms with van der Waals surface area (Å²) in [5.74, 6) is 0. The molecular weight excluding hydrogens is 171 g/mol. The van der Waals surface area contributed by atoms with Crippen LogP contribution in [0.25, 0.3) is 0 Å². The van der Waals surface area contributed by atoms with Gasteiger partial charge in [0.1, 0.15) is 0 Å². The van der Waals surface area contributed by atoms with Gasteiger partial charge in [0.25, 0.3) is 0 Å². The monoisotopic (exact) mass is 194 g/mol. The van der Waals surface area contributed by atoms with Crippen molar-refractivity contribution >= 4 is 8.32 Å². The van der Waals surface area contributed by atoms with Crippen LogP contribution in [-0.2, 0) is 4.43 Å². The van der Waals surface area contributed by atoms with Crippen molar-refractivity contribution in [3.8, 4) is 0 Å². The molecule has 0 unspecified atom stereocenters. The van der Waals surface area contributed by atoms with Gasteiger partial charge < -0.3 is 11.3 Å². The van der Waals surface area contributed by atoms with Crippen LogP contribution in [0.4, 0.5) is 0 Å². The SMILES string of the molecule is [CH2-]CCO[Si](C)(C)CC(C)(C)C.[Li+]. The molecule has 0 saturated heterocycles. The van der Waals surface area contributed by atoms with Gasteiger partial charge in [0, 0.05) is 6.61 Å². The molecule has 74 valence electrons. The molecule has 0 heterocycles. The Bertz CT molecular complexity index is 129. The summed E-state index contributed by atoms with van der Waals surface area (Å²) in [6.07, 6.45) is 0.889. The first kappa shape index (κ1) is 16.2. The molecule has 0 aromatic heterocycles. The Morgan fingerprint density at radius 2 is 1.69 bits per heavy atom. The molecule has 0 atom stereocenters. The first-order valence-corrected chi connectivity index (χ1v) is 7.82. The molecule has 0 fully saturated rings. The zero-order chi connectivity index (χ0) is 9.83. The fourth-order valence-electron chi connectivity index (χ4n) is 1.68. The summed E-state index contributed by atoms with van der Waals surface area (Å²) in [5, 5.41) is 0. The summed E-state index contributed by atoms with van der Waals surface area (Å²) in [7, 11) is -1.40. The molecule has 0 aromatic carbocycles. The van der Waals surface area contributed by atoms with E-state index in [0.29, 0.717) is 5.41 Å². The fraction of sp³-hybridized carbons (Fsp3) is 0.900. The molecule has 1 nitrogen and oxygen atoms in total. The van der Waals surface area contributed by atoms with Crippen LogP contribution in [0.15, 0.2) is 0 Å². The molecular formula is C10H23LiOSi. The van der Waals surface area contributed by atoms with Crippen molar-refractivity contribution in [3.63, 3.8) is 0 Å². The largest absolute Gasteiger partial charge is 1.00 e. The summed E-state index contributed by atoms with van der Waals surface area (Å²) >= 11 is 0. The Morgan fingerprint density at radius 3 is 2.00 bits per heavy atom. The van der Waals surface area contributed by atoms with Crippen molar-refractivity contribution in [2.45, 2.75) is 46.3 Å². The molecule has 3 heteroatoms. The molecule has 0 radical (unpaired) electrons. The Kier molecular flexibility index (Phi) is 7.85. The average molecular weight is 194 g/mol. The predicted molar refractivity (Wildman–Crippen MR) is 57.7 cm³/mol. The Labute approximate surface area is 96.9 Å². The van der Waals surface area contributed by atoms with Gasteiger partial charge in [-0.05, 0) is 24.6 Å². The maximum absolute atomic E-state index is 5.83. The van der Waals surface area contributed by atoms with E-state index in [4.69, 9.17) is 4.43 Å². The average Bonchev–Trinajstić information content (AvgIpc) is 1.78. The van der Waals surface area contributed by atoms with Crippen LogP contribution in [0.3, 0.4) is 0 Å². The molecule has 13 heavy (non-hydrogen) atoms. The minimum atomic E-state index is -1.40. The molecule has 0 aromatic rings. The van der Waals surface area contributed by atoms with Crippen molar-refractivity contribution in [1.29, 1.82) is 0 Å². The predicted octanol–water partition coefficient (Wildman–Crippen LogP) is 0.482. The first-order valence-electron chi connectivity index (χ1n) is 4.70. The van der Waals surface area contributed by atoms with Gasteiger partial charge in [0.2, 0.25) is 0 Å². The van der Waals surface area contributed by atoms with Gasteiger partial charge >= 0.3 is 18.9 Å². The smallest absolute Gasteiger partial charge is 0.420 e. The van der Waals surface area contributed by atoms with Crippen LogP contribution < -0.4 is 18.9 Å². The number of rotatable bonds is 4. The van der Waals surface area contributed by atoms with Gasteiger partial charge in [-0.3, -0.25) is 0 Å². The van der Waals surface area contributed by atoms with E-state index in [1.54, 1.807) is 0 Å². The Balaban J connectivity index is 0. The molecule has 0 bridgehead atoms. The van der Waals surface area contributed by atoms with E-state index in [-0.39, 0.29) is 18.9 Å². The first-order chi connectivity index (χ1) is 5.27. The summed E-state index contributed by atoms with van der Waals surface area (Å²) in [5.41, 5.74) is 0.400. The van der Waals surface area contributed by atoms with E-state index >= 15 is 0 Å². The third kappa shape index (κ3) is 10.7. The topological polar surface area (TPSA) is 9.23 Å². The van der Waals surface area contributed by atoms with E-state index in [2.05, 4.69) is 40.8 Å². The fourth-order valence-corrected chi connectivity index (χ4v) is 5.03. The van der Waals surface area contributed by atoms with Gasteiger partial charge in [0.15, 0.2) is 8.32 Å². The summed E-state index contributed by atoms with van der Waals surface area (Å²) in [4.78, 5) is 0. The minimum absolute atomic E-state index is 0. The van der Waals surface area contributed by atoms with E-state index in [1.165, 1.54) is 6.04 Å². The number of hydrogen-bond acceptors (Lipinski definition) is 1. The second kappa shape index (κ2) is 6.29. The van der Waals surface area contributed by atoms with Crippen LogP contribution in [0.1, 0.15) is 27.2 Å². The zero-order valence-corrected chi connectivity index (χ0v) is 11.2. The maximum Gasteiger partial charge on any atom is 1.00 e. The zero-order valence-electron chi connectivity index (χ0n) is 10.2. The van der Waals surface area contributed by atoms with Gasteiger partial charge in [-0.1, -0.05) is 20.8 Å². The van der Waals surface area contributed by atoms with E-state index in [0.717, 1.165) is 13.0 Å². The quantitative estimate of drug-likeness (QED) is 0.467. The molecule has 0 aliphatic heterocycles. The maximum atomic E-state index is 5.83. The Morgan fingerprint density at radius 1 is 1.23 bits per heavy atom. The molecule has 0 amide bonds. The van der Waals surface area contributed by atoms with Crippen molar-refractivity contribution in [1.82, 2.24) is 0 Å². The van der Waals surface area contributed by atoms with Crippen LogP contribution in [-0.4, -0.2) is 14.9 Å². The van der Waals surface area contributed by atoms with E-state index in [1.807, 2.05) is 0 Å². The van der Waals surface area contributed by atoms with Crippen molar-refractivity contribution in [2.24, 2.45) is 5.41 Å². The molecule has 0 aliphatic rings. The van der Waals surface area contributed by atoms with Gasteiger partial charge in [-0.15, -0.1) is 0 Å². The molecule has 0 N–H and O–H groups in total. The molecule has 0 rings (SSSR count). The van der Waals surface area contributed by atoms with Crippen LogP contribution in [0.2, 0.25) is 19.1 Å². The van der Waals surface area contributed by atoms with Crippen LogP contribution in [0, 0.1) is 12.3 Å². The van der Waals surface area contributed by atoms with Gasteiger partial charge in [-0.2, -0.15) is 6.42 Å². The normalized spacial score (nSPS) is 12.5. The van der Waals surface area contributed by atoms with E-state index in [9.17, 15) is 0 Å². The number of hydrogen-bond donors (Lipinski definition) is 0. The molecule has 0 aliphatic carbocycles. The van der Waals surface area contributed by atoms with Crippen molar-refractivity contribution in [3.05, 3.63) is 6.92 Å². The molecule has 0 saturated carbocycles. The van der Waals surface area contributed by atoms with Crippen molar-refractivity contribution in [2.75, 3.05) is 6.61 Å². The van der Waals surface area contributed by atoms with Gasteiger partial charge in [-0.25, -0.2) is 0 Å². The van der Waals surface area contributed by atoms with Gasteiger partial charge in [0.05, 0.1) is 0 Å². The summed E-state index contributed by atoms with van der Waals surface area (Å²) in [6, 6.07) is 1.22. The summed E-state index contributed by atoms with van der Waals surface area (Å²) in [6.45, 7) is 16.0. The Hall–Kier alpha value is 0.774. The minimum Gasteiger partial charge on any atom is -0.420 e. The molecule has 0 spiro atoms. The van der Waals surface area contributed by atoms with Crippen LogP contribution >= 0.6 is 0 Å². The summed E-state index contributed by atoms with van der Waals surface area (Å²) < 4.78 is 5.83. The van der Waals surface area contributed by atoms with Crippen molar-refractivity contribution < 1.29 is 23.3 Å². The second-order valence-corrected chi connectivity index (χ2v) is 9.36. The third-order valence-corrected chi connectivity index (χ3v) is 4.49. The third-order valence-electron chi connectivity index (χ3n) is 1.59. The van der Waals surface area contributed by atoms with E-state index < -0.39 is 8.32 Å².